The maximum atomic E-state index is 10.8. The molecule has 0 aromatic rings. The molecule has 0 unspecified atom stereocenters. The quantitative estimate of drug-likeness (QED) is 0.0675. The molecule has 0 heterocycles. The smallest absolute Gasteiger partial charge is 0.550 e. The third-order valence-electron chi connectivity index (χ3n) is 8.01. The summed E-state index contributed by atoms with van der Waals surface area (Å²) in [4.78, 5) is 13.4. The van der Waals surface area contributed by atoms with Crippen LogP contribution in [0.1, 0.15) is 194 Å². The molecule has 3 nitrogen and oxygen atoms in total. The molecule has 0 rings (SSSR count). The summed E-state index contributed by atoms with van der Waals surface area (Å²) in [5.74, 6) is -0.901. The number of nitrogens with zero attached hydrogens (tertiary/aromatic N) is 1. The molecule has 0 radical (unpaired) electrons. The van der Waals surface area contributed by atoms with Gasteiger partial charge in [0, 0.05) is 5.97 Å². The second-order valence-corrected chi connectivity index (χ2v) is 11.8. The molecule has 0 amide bonds. The van der Waals surface area contributed by atoms with E-state index in [0.29, 0.717) is 0 Å². The zero-order valence-electron chi connectivity index (χ0n) is 26.7. The van der Waals surface area contributed by atoms with Gasteiger partial charge in [0.2, 0.25) is 0 Å². The van der Waals surface area contributed by atoms with E-state index in [2.05, 4.69) is 18.7 Å². The van der Waals surface area contributed by atoms with Crippen LogP contribution in [0.5, 0.6) is 0 Å². The molecule has 0 aliphatic rings. The molecule has 0 fully saturated rings. The Morgan fingerprint density at radius 3 is 0.921 bits per heavy atom. The average Bonchev–Trinajstić information content (AvgIpc) is 2.88. The summed E-state index contributed by atoms with van der Waals surface area (Å²) in [7, 11) is 0. The first-order valence-corrected chi connectivity index (χ1v) is 17.1. The van der Waals surface area contributed by atoms with Gasteiger partial charge in [-0.05, 0) is 45.3 Å². The van der Waals surface area contributed by atoms with Gasteiger partial charge >= 0.3 is 29.6 Å². The van der Waals surface area contributed by atoms with Crippen LogP contribution in [-0.2, 0) is 4.79 Å². The monoisotopic (exact) mass is 546 g/mol. The Bertz CT molecular complexity index is 416. The number of hydrogen-bond acceptors (Lipinski definition) is 3. The third-order valence-corrected chi connectivity index (χ3v) is 8.01. The van der Waals surface area contributed by atoms with Gasteiger partial charge in [-0.3, -0.25) is 0 Å². The standard InChI is InChI=1S/C34H69NO2.Na/c1-3-5-7-9-11-13-15-17-19-21-23-25-27-31-35(33-29-30-34(36)37)32-28-26-24-22-20-18-16-14-12-10-8-6-4-2;/h3-33H2,1-2H3,(H,36,37);/q;+1/p-1. The molecule has 4 heteroatoms. The zero-order valence-corrected chi connectivity index (χ0v) is 28.7. The van der Waals surface area contributed by atoms with Gasteiger partial charge in [-0.2, -0.15) is 0 Å². The van der Waals surface area contributed by atoms with Crippen LogP contribution in [-0.4, -0.2) is 30.5 Å². The van der Waals surface area contributed by atoms with Crippen molar-refractivity contribution in [3.05, 3.63) is 0 Å². The van der Waals surface area contributed by atoms with E-state index in [1.165, 1.54) is 167 Å². The molecule has 0 aliphatic carbocycles. The van der Waals surface area contributed by atoms with Crippen molar-refractivity contribution in [1.82, 2.24) is 4.90 Å². The second kappa shape index (κ2) is 35.5. The Balaban J connectivity index is 0. The van der Waals surface area contributed by atoms with E-state index in [1.807, 2.05) is 0 Å². The predicted octanol–water partition coefficient (Wildman–Crippen LogP) is 7.00. The average molecular weight is 546 g/mol. The third kappa shape index (κ3) is 34.5. The summed E-state index contributed by atoms with van der Waals surface area (Å²) in [6.45, 7) is 7.78. The van der Waals surface area contributed by atoms with Crippen molar-refractivity contribution in [2.45, 2.75) is 194 Å². The van der Waals surface area contributed by atoms with Crippen LogP contribution in [0.25, 0.3) is 0 Å². The van der Waals surface area contributed by atoms with Gasteiger partial charge in [0.05, 0.1) is 0 Å². The summed E-state index contributed by atoms with van der Waals surface area (Å²) >= 11 is 0. The first kappa shape index (κ1) is 40.6. The predicted molar refractivity (Wildman–Crippen MR) is 162 cm³/mol. The summed E-state index contributed by atoms with van der Waals surface area (Å²) in [5, 5.41) is 10.8. The topological polar surface area (TPSA) is 43.4 Å². The van der Waals surface area contributed by atoms with Gasteiger partial charge in [-0.1, -0.05) is 168 Å². The SMILES string of the molecule is CCCCCCCCCCCCCCCN(CCCCCCCCCCCCCCC)CCCC(=O)[O-].[Na+]. The van der Waals surface area contributed by atoms with Crippen LogP contribution in [0.4, 0.5) is 0 Å². The van der Waals surface area contributed by atoms with Crippen LogP contribution < -0.4 is 34.7 Å². The Morgan fingerprint density at radius 1 is 0.421 bits per heavy atom. The van der Waals surface area contributed by atoms with Gasteiger partial charge in [-0.15, -0.1) is 0 Å². The van der Waals surface area contributed by atoms with Crippen molar-refractivity contribution in [1.29, 1.82) is 0 Å². The summed E-state index contributed by atoms with van der Waals surface area (Å²) < 4.78 is 0. The summed E-state index contributed by atoms with van der Waals surface area (Å²) in [6, 6.07) is 0. The molecule has 0 bridgehead atoms. The fraction of sp³-hybridized carbons (Fsp3) is 0.971. The minimum atomic E-state index is -0.901. The van der Waals surface area contributed by atoms with Crippen LogP contribution in [0.3, 0.4) is 0 Å². The van der Waals surface area contributed by atoms with Crippen molar-refractivity contribution in [2.24, 2.45) is 0 Å². The first-order chi connectivity index (χ1) is 18.2. The number of carboxylic acid groups (broad SMARTS) is 1. The van der Waals surface area contributed by atoms with Gasteiger partial charge < -0.3 is 14.8 Å². The molecular formula is C34H68NNaO2. The number of aliphatic carboxylic acids is 1. The second-order valence-electron chi connectivity index (χ2n) is 11.8. The van der Waals surface area contributed by atoms with E-state index < -0.39 is 5.97 Å². The van der Waals surface area contributed by atoms with E-state index in [-0.39, 0.29) is 36.0 Å². The Hall–Kier alpha value is 0.430. The van der Waals surface area contributed by atoms with Crippen LogP contribution in [0, 0.1) is 0 Å². The maximum Gasteiger partial charge on any atom is 1.00 e. The number of rotatable bonds is 32. The fourth-order valence-corrected chi connectivity index (χ4v) is 5.49. The molecule has 0 N–H and O–H groups in total. The minimum absolute atomic E-state index is 0. The largest absolute Gasteiger partial charge is 1.00 e. The van der Waals surface area contributed by atoms with Gasteiger partial charge in [0.15, 0.2) is 0 Å². The molecule has 0 aliphatic heterocycles. The Morgan fingerprint density at radius 2 is 0.658 bits per heavy atom. The molecule has 222 valence electrons. The van der Waals surface area contributed by atoms with Crippen molar-refractivity contribution < 1.29 is 39.5 Å². The number of carbonyl (C=O) groups excluding carboxylic acids is 1. The number of hydrogen-bond donors (Lipinski definition) is 0. The number of carboxylic acids is 1. The normalized spacial score (nSPS) is 11.2. The number of carbonyl (C=O) groups is 1. The molecule has 0 saturated heterocycles. The van der Waals surface area contributed by atoms with E-state index in [9.17, 15) is 9.90 Å². The van der Waals surface area contributed by atoms with Crippen molar-refractivity contribution in [2.75, 3.05) is 19.6 Å². The van der Waals surface area contributed by atoms with Crippen LogP contribution in [0.15, 0.2) is 0 Å². The first-order valence-electron chi connectivity index (χ1n) is 17.1. The van der Waals surface area contributed by atoms with Crippen molar-refractivity contribution in [3.63, 3.8) is 0 Å². The molecule has 0 aromatic carbocycles. The molecule has 0 saturated carbocycles. The van der Waals surface area contributed by atoms with Gasteiger partial charge in [0.25, 0.3) is 0 Å². The molecule has 38 heavy (non-hydrogen) atoms. The Kier molecular flexibility index (Phi) is 37.9. The summed E-state index contributed by atoms with van der Waals surface area (Å²) in [5.41, 5.74) is 0. The molecule has 0 spiro atoms. The maximum absolute atomic E-state index is 10.8. The Labute approximate surface area is 262 Å². The fourth-order valence-electron chi connectivity index (χ4n) is 5.49. The van der Waals surface area contributed by atoms with E-state index in [1.54, 1.807) is 0 Å². The van der Waals surface area contributed by atoms with Gasteiger partial charge in [-0.25, -0.2) is 0 Å². The minimum Gasteiger partial charge on any atom is -0.550 e. The molecule has 0 aromatic heterocycles. The molecular weight excluding hydrogens is 477 g/mol. The number of unbranched alkanes of at least 4 members (excludes halogenated alkanes) is 24. The van der Waals surface area contributed by atoms with Crippen molar-refractivity contribution >= 4 is 5.97 Å². The van der Waals surface area contributed by atoms with E-state index in [4.69, 9.17) is 0 Å². The van der Waals surface area contributed by atoms with Gasteiger partial charge in [0.1, 0.15) is 0 Å². The van der Waals surface area contributed by atoms with Crippen LogP contribution in [0.2, 0.25) is 0 Å². The van der Waals surface area contributed by atoms with E-state index >= 15 is 0 Å². The summed E-state index contributed by atoms with van der Waals surface area (Å²) in [6.07, 6.45) is 37.1. The zero-order chi connectivity index (χ0) is 27.1. The molecule has 0 atom stereocenters. The van der Waals surface area contributed by atoms with Crippen LogP contribution >= 0.6 is 0 Å². The van der Waals surface area contributed by atoms with Crippen molar-refractivity contribution in [3.8, 4) is 0 Å². The van der Waals surface area contributed by atoms with E-state index in [0.717, 1.165) is 26.1 Å².